The van der Waals surface area contributed by atoms with Crippen LogP contribution in [0.1, 0.15) is 40.5 Å². The molecule has 1 N–H and O–H groups in total. The highest BCUT2D eigenvalue weighted by Gasteiger charge is 2.09. The van der Waals surface area contributed by atoms with Gasteiger partial charge in [-0.05, 0) is 37.6 Å². The minimum atomic E-state index is 0.0495. The van der Waals surface area contributed by atoms with E-state index in [9.17, 15) is 4.79 Å². The summed E-state index contributed by atoms with van der Waals surface area (Å²) >= 11 is 0. The van der Waals surface area contributed by atoms with E-state index in [2.05, 4.69) is 37.9 Å². The molecule has 0 aliphatic heterocycles. The predicted octanol–water partition coefficient (Wildman–Crippen LogP) is 3.78. The number of carbonyl (C=O) groups is 1. The molecule has 4 heteroatoms. The summed E-state index contributed by atoms with van der Waals surface area (Å²) in [6, 6.07) is 7.63. The fourth-order valence-corrected chi connectivity index (χ4v) is 2.15. The Morgan fingerprint density at radius 2 is 1.91 bits per heavy atom. The number of anilines is 1. The van der Waals surface area contributed by atoms with Crippen molar-refractivity contribution in [1.82, 2.24) is 4.90 Å². The second-order valence-electron chi connectivity index (χ2n) is 5.85. The van der Waals surface area contributed by atoms with Gasteiger partial charge in [0.2, 0.25) is 5.91 Å². The fraction of sp³-hybridized carbons (Fsp3) is 0.611. The van der Waals surface area contributed by atoms with Crippen LogP contribution in [0.25, 0.3) is 0 Å². The van der Waals surface area contributed by atoms with E-state index in [-0.39, 0.29) is 5.91 Å². The minimum absolute atomic E-state index is 0.0495. The van der Waals surface area contributed by atoms with Crippen molar-refractivity contribution in [3.05, 3.63) is 24.3 Å². The van der Waals surface area contributed by atoms with Crippen LogP contribution in [-0.2, 0) is 4.79 Å². The smallest absolute Gasteiger partial charge is 0.224 e. The van der Waals surface area contributed by atoms with Crippen LogP contribution in [0.4, 0.5) is 5.69 Å². The molecule has 0 spiro atoms. The van der Waals surface area contributed by atoms with Crippen molar-refractivity contribution in [3.63, 3.8) is 0 Å². The number of hydrogen-bond acceptors (Lipinski definition) is 3. The standard InChI is InChI=1S/C18H30N2O2/c1-5-20(6-2)13-14-22-17-10-8-7-9-16(17)19-18(21)12-11-15(3)4/h7-10,15H,5-6,11-14H2,1-4H3,(H,19,21). The van der Waals surface area contributed by atoms with Crippen molar-refractivity contribution >= 4 is 11.6 Å². The molecule has 0 heterocycles. The quantitative estimate of drug-likeness (QED) is 0.715. The number of likely N-dealkylation sites (N-methyl/N-ethyl adjacent to an activating group) is 1. The highest BCUT2D eigenvalue weighted by atomic mass is 16.5. The average Bonchev–Trinajstić information content (AvgIpc) is 2.51. The summed E-state index contributed by atoms with van der Waals surface area (Å²) in [6.45, 7) is 12.1. The van der Waals surface area contributed by atoms with Crippen LogP contribution in [0.5, 0.6) is 5.75 Å². The summed E-state index contributed by atoms with van der Waals surface area (Å²) < 4.78 is 5.84. The van der Waals surface area contributed by atoms with E-state index in [1.165, 1.54) is 0 Å². The molecule has 0 unspecified atom stereocenters. The molecule has 0 aliphatic carbocycles. The summed E-state index contributed by atoms with van der Waals surface area (Å²) in [6.07, 6.45) is 1.45. The molecule has 4 nitrogen and oxygen atoms in total. The molecule has 22 heavy (non-hydrogen) atoms. The van der Waals surface area contributed by atoms with Gasteiger partial charge >= 0.3 is 0 Å². The Morgan fingerprint density at radius 1 is 1.23 bits per heavy atom. The highest BCUT2D eigenvalue weighted by Crippen LogP contribution is 2.24. The van der Waals surface area contributed by atoms with Crippen molar-refractivity contribution in [1.29, 1.82) is 0 Å². The zero-order valence-corrected chi connectivity index (χ0v) is 14.4. The van der Waals surface area contributed by atoms with Gasteiger partial charge in [0, 0.05) is 13.0 Å². The van der Waals surface area contributed by atoms with E-state index in [4.69, 9.17) is 4.74 Å². The molecule has 0 saturated carbocycles. The number of nitrogens with one attached hydrogen (secondary N) is 1. The maximum absolute atomic E-state index is 12.0. The molecule has 0 aromatic heterocycles. The molecule has 0 bridgehead atoms. The molecule has 0 saturated heterocycles. The van der Waals surface area contributed by atoms with Gasteiger partial charge in [-0.15, -0.1) is 0 Å². The first-order valence-corrected chi connectivity index (χ1v) is 8.30. The summed E-state index contributed by atoms with van der Waals surface area (Å²) in [4.78, 5) is 14.3. The molecular formula is C18H30N2O2. The summed E-state index contributed by atoms with van der Waals surface area (Å²) in [5.74, 6) is 1.33. The summed E-state index contributed by atoms with van der Waals surface area (Å²) in [5.41, 5.74) is 0.760. The second kappa shape index (κ2) is 10.2. The van der Waals surface area contributed by atoms with Gasteiger partial charge in [0.05, 0.1) is 5.69 Å². The first kappa shape index (κ1) is 18.5. The van der Waals surface area contributed by atoms with Crippen LogP contribution in [-0.4, -0.2) is 37.0 Å². The number of ether oxygens (including phenoxy) is 1. The van der Waals surface area contributed by atoms with E-state index in [1.807, 2.05) is 24.3 Å². The van der Waals surface area contributed by atoms with Crippen LogP contribution in [0.3, 0.4) is 0 Å². The molecule has 1 aromatic rings. The highest BCUT2D eigenvalue weighted by molar-refractivity contribution is 5.92. The monoisotopic (exact) mass is 306 g/mol. The van der Waals surface area contributed by atoms with Crippen LogP contribution in [0, 0.1) is 5.92 Å². The Hall–Kier alpha value is -1.55. The first-order valence-electron chi connectivity index (χ1n) is 8.30. The molecule has 1 rings (SSSR count). The molecule has 0 atom stereocenters. The average molecular weight is 306 g/mol. The van der Waals surface area contributed by atoms with Gasteiger partial charge in [-0.2, -0.15) is 0 Å². The molecule has 0 fully saturated rings. The lowest BCUT2D eigenvalue weighted by atomic mass is 10.1. The van der Waals surface area contributed by atoms with Gasteiger partial charge in [-0.1, -0.05) is 39.8 Å². The molecule has 124 valence electrons. The summed E-state index contributed by atoms with van der Waals surface area (Å²) in [5, 5.41) is 2.95. The number of para-hydroxylation sites is 2. The van der Waals surface area contributed by atoms with Crippen molar-refractivity contribution in [2.45, 2.75) is 40.5 Å². The van der Waals surface area contributed by atoms with Crippen molar-refractivity contribution in [3.8, 4) is 5.75 Å². The Morgan fingerprint density at radius 3 is 2.55 bits per heavy atom. The Kier molecular flexibility index (Phi) is 8.60. The van der Waals surface area contributed by atoms with E-state index in [0.29, 0.717) is 18.9 Å². The van der Waals surface area contributed by atoms with Crippen molar-refractivity contribution < 1.29 is 9.53 Å². The van der Waals surface area contributed by atoms with Crippen LogP contribution < -0.4 is 10.1 Å². The number of rotatable bonds is 10. The third kappa shape index (κ3) is 6.94. The molecule has 0 radical (unpaired) electrons. The van der Waals surface area contributed by atoms with Gasteiger partial charge in [0.1, 0.15) is 12.4 Å². The zero-order chi connectivity index (χ0) is 16.4. The van der Waals surface area contributed by atoms with Gasteiger partial charge in [-0.3, -0.25) is 4.79 Å². The maximum Gasteiger partial charge on any atom is 0.224 e. The lowest BCUT2D eigenvalue weighted by molar-refractivity contribution is -0.116. The maximum atomic E-state index is 12.0. The van der Waals surface area contributed by atoms with Gasteiger partial charge < -0.3 is 15.0 Å². The van der Waals surface area contributed by atoms with Crippen molar-refractivity contribution in [2.75, 3.05) is 31.6 Å². The van der Waals surface area contributed by atoms with E-state index in [1.54, 1.807) is 0 Å². The largest absolute Gasteiger partial charge is 0.490 e. The predicted molar refractivity (Wildman–Crippen MR) is 92.4 cm³/mol. The third-order valence-corrected chi connectivity index (χ3v) is 3.67. The minimum Gasteiger partial charge on any atom is -0.490 e. The SMILES string of the molecule is CCN(CC)CCOc1ccccc1NC(=O)CCC(C)C. The molecule has 0 aliphatic rings. The molecular weight excluding hydrogens is 276 g/mol. The lowest BCUT2D eigenvalue weighted by Crippen LogP contribution is -2.28. The zero-order valence-electron chi connectivity index (χ0n) is 14.4. The first-order chi connectivity index (χ1) is 10.6. The number of nitrogens with zero attached hydrogens (tertiary/aromatic N) is 1. The van der Waals surface area contributed by atoms with Crippen LogP contribution in [0.15, 0.2) is 24.3 Å². The van der Waals surface area contributed by atoms with Crippen LogP contribution in [0.2, 0.25) is 0 Å². The normalized spacial score (nSPS) is 11.0. The van der Waals surface area contributed by atoms with E-state index >= 15 is 0 Å². The number of hydrogen-bond donors (Lipinski definition) is 1. The Balaban J connectivity index is 2.52. The van der Waals surface area contributed by atoms with Gasteiger partial charge in [-0.25, -0.2) is 0 Å². The fourth-order valence-electron chi connectivity index (χ4n) is 2.15. The third-order valence-electron chi connectivity index (χ3n) is 3.67. The number of carbonyl (C=O) groups excluding carboxylic acids is 1. The van der Waals surface area contributed by atoms with Gasteiger partial charge in [0.25, 0.3) is 0 Å². The topological polar surface area (TPSA) is 41.6 Å². The number of amides is 1. The van der Waals surface area contributed by atoms with E-state index < -0.39 is 0 Å². The van der Waals surface area contributed by atoms with Crippen molar-refractivity contribution in [2.24, 2.45) is 5.92 Å². The molecule has 1 aromatic carbocycles. The Labute approximate surface area is 134 Å². The second-order valence-corrected chi connectivity index (χ2v) is 5.85. The number of benzene rings is 1. The van der Waals surface area contributed by atoms with E-state index in [0.717, 1.165) is 37.5 Å². The van der Waals surface area contributed by atoms with Crippen LogP contribution >= 0.6 is 0 Å². The molecule has 1 amide bonds. The van der Waals surface area contributed by atoms with Gasteiger partial charge in [0.15, 0.2) is 0 Å². The lowest BCUT2D eigenvalue weighted by Gasteiger charge is -2.19. The summed E-state index contributed by atoms with van der Waals surface area (Å²) in [7, 11) is 0. The Bertz CT molecular complexity index is 442.